The SMILES string of the molecule is CC(C)(C)C1CCc2c(sc(NC(=O)CCC3CCCCC3)c2C(N)=O)C1. The minimum atomic E-state index is -0.413. The number of primary amides is 1. The standard InChI is InChI=1S/C22H34N2O2S/c1-22(2,3)15-10-11-16-17(13-15)27-21(19(16)20(23)26)24-18(25)12-9-14-7-5-4-6-8-14/h14-15H,4-13H2,1-3H3,(H2,23,26)(H,24,25). The van der Waals surface area contributed by atoms with Crippen molar-refractivity contribution in [2.24, 2.45) is 23.0 Å². The number of nitrogens with two attached hydrogens (primary N) is 1. The van der Waals surface area contributed by atoms with Gasteiger partial charge < -0.3 is 11.1 Å². The zero-order valence-corrected chi connectivity index (χ0v) is 17.8. The fraction of sp³-hybridized carbons (Fsp3) is 0.727. The number of hydrogen-bond acceptors (Lipinski definition) is 3. The van der Waals surface area contributed by atoms with Crippen molar-refractivity contribution in [1.29, 1.82) is 0 Å². The lowest BCUT2D eigenvalue weighted by Crippen LogP contribution is -2.27. The Bertz CT molecular complexity index is 696. The molecule has 2 aliphatic rings. The summed E-state index contributed by atoms with van der Waals surface area (Å²) in [4.78, 5) is 25.8. The lowest BCUT2D eigenvalue weighted by Gasteiger charge is -2.33. The number of carbonyl (C=O) groups is 2. The van der Waals surface area contributed by atoms with Crippen LogP contribution in [0.3, 0.4) is 0 Å². The molecule has 1 fully saturated rings. The summed E-state index contributed by atoms with van der Waals surface area (Å²) >= 11 is 1.57. The number of carbonyl (C=O) groups excluding carboxylic acids is 2. The van der Waals surface area contributed by atoms with Crippen LogP contribution in [0.15, 0.2) is 0 Å². The van der Waals surface area contributed by atoms with E-state index in [1.807, 2.05) is 0 Å². The smallest absolute Gasteiger partial charge is 0.251 e. The minimum Gasteiger partial charge on any atom is -0.365 e. The van der Waals surface area contributed by atoms with Crippen molar-refractivity contribution in [1.82, 2.24) is 0 Å². The van der Waals surface area contributed by atoms with Gasteiger partial charge >= 0.3 is 0 Å². The number of anilines is 1. The normalized spacial score (nSPS) is 20.9. The van der Waals surface area contributed by atoms with Gasteiger partial charge in [-0.25, -0.2) is 0 Å². The van der Waals surface area contributed by atoms with Gasteiger partial charge in [0.15, 0.2) is 0 Å². The molecule has 1 atom stereocenters. The maximum Gasteiger partial charge on any atom is 0.251 e. The highest BCUT2D eigenvalue weighted by Gasteiger charge is 2.33. The Labute approximate surface area is 167 Å². The average Bonchev–Trinajstić information content (AvgIpc) is 2.97. The molecule has 150 valence electrons. The molecule has 27 heavy (non-hydrogen) atoms. The first kappa shape index (κ1) is 20.4. The second kappa shape index (κ2) is 8.34. The van der Waals surface area contributed by atoms with Gasteiger partial charge in [-0.3, -0.25) is 9.59 Å². The van der Waals surface area contributed by atoms with Gasteiger partial charge in [0.2, 0.25) is 5.91 Å². The van der Waals surface area contributed by atoms with Crippen molar-refractivity contribution >= 4 is 28.2 Å². The van der Waals surface area contributed by atoms with Crippen LogP contribution in [0.1, 0.15) is 92.9 Å². The van der Waals surface area contributed by atoms with Gasteiger partial charge in [0, 0.05) is 11.3 Å². The minimum absolute atomic E-state index is 0.0223. The van der Waals surface area contributed by atoms with Crippen LogP contribution >= 0.6 is 11.3 Å². The molecule has 2 amide bonds. The van der Waals surface area contributed by atoms with Gasteiger partial charge in [-0.05, 0) is 48.5 Å². The van der Waals surface area contributed by atoms with E-state index in [-0.39, 0.29) is 11.3 Å². The van der Waals surface area contributed by atoms with E-state index in [0.29, 0.717) is 28.8 Å². The molecule has 1 saturated carbocycles. The van der Waals surface area contributed by atoms with Gasteiger partial charge in [-0.15, -0.1) is 11.3 Å². The molecule has 3 N–H and O–H groups in total. The Kier molecular flexibility index (Phi) is 6.29. The number of thiophene rings is 1. The van der Waals surface area contributed by atoms with E-state index in [9.17, 15) is 9.59 Å². The molecule has 1 aromatic rings. The van der Waals surface area contributed by atoms with E-state index in [1.165, 1.54) is 37.0 Å². The van der Waals surface area contributed by atoms with Gasteiger partial charge in [0.1, 0.15) is 5.00 Å². The van der Waals surface area contributed by atoms with Gasteiger partial charge in [-0.1, -0.05) is 52.9 Å². The molecule has 5 heteroatoms. The first-order valence-electron chi connectivity index (χ1n) is 10.5. The summed E-state index contributed by atoms with van der Waals surface area (Å²) in [5.74, 6) is 0.891. The van der Waals surface area contributed by atoms with Crippen LogP contribution in [0, 0.1) is 17.3 Å². The topological polar surface area (TPSA) is 72.2 Å². The molecule has 0 bridgehead atoms. The summed E-state index contributed by atoms with van der Waals surface area (Å²) in [6.07, 6.45) is 10.8. The van der Waals surface area contributed by atoms with Crippen molar-refractivity contribution < 1.29 is 9.59 Å². The van der Waals surface area contributed by atoms with Crippen LogP contribution in [0.4, 0.5) is 5.00 Å². The van der Waals surface area contributed by atoms with E-state index in [2.05, 4.69) is 26.1 Å². The molecule has 4 nitrogen and oxygen atoms in total. The monoisotopic (exact) mass is 390 g/mol. The van der Waals surface area contributed by atoms with Gasteiger partial charge in [0.25, 0.3) is 5.91 Å². The van der Waals surface area contributed by atoms with E-state index >= 15 is 0 Å². The lowest BCUT2D eigenvalue weighted by atomic mass is 9.72. The molecule has 0 radical (unpaired) electrons. The summed E-state index contributed by atoms with van der Waals surface area (Å²) in [5.41, 5.74) is 7.58. The number of amides is 2. The molecule has 1 unspecified atom stereocenters. The zero-order chi connectivity index (χ0) is 19.6. The lowest BCUT2D eigenvalue weighted by molar-refractivity contribution is -0.116. The fourth-order valence-electron chi connectivity index (χ4n) is 4.67. The third kappa shape index (κ3) is 4.92. The highest BCUT2D eigenvalue weighted by molar-refractivity contribution is 7.17. The van der Waals surface area contributed by atoms with Crippen LogP contribution < -0.4 is 11.1 Å². The molecule has 0 spiro atoms. The highest BCUT2D eigenvalue weighted by atomic mass is 32.1. The Morgan fingerprint density at radius 3 is 2.48 bits per heavy atom. The zero-order valence-electron chi connectivity index (χ0n) is 17.0. The Morgan fingerprint density at radius 1 is 1.15 bits per heavy atom. The van der Waals surface area contributed by atoms with Crippen LogP contribution in [0.25, 0.3) is 0 Å². The van der Waals surface area contributed by atoms with Crippen LogP contribution in [0.2, 0.25) is 0 Å². The number of rotatable bonds is 5. The molecule has 2 aliphatic carbocycles. The third-order valence-corrected chi connectivity index (χ3v) is 7.66. The number of hydrogen-bond donors (Lipinski definition) is 2. The summed E-state index contributed by atoms with van der Waals surface area (Å²) in [5, 5.41) is 3.70. The first-order chi connectivity index (χ1) is 12.8. The molecule has 3 rings (SSSR count). The Hall–Kier alpha value is -1.36. The second-order valence-electron chi connectivity index (χ2n) is 9.47. The quantitative estimate of drug-likeness (QED) is 0.716. The Balaban J connectivity index is 1.69. The molecular formula is C22H34N2O2S. The fourth-order valence-corrected chi connectivity index (χ4v) is 6.02. The molecule has 1 heterocycles. The molecule has 0 aromatic carbocycles. The van der Waals surface area contributed by atoms with Crippen LogP contribution in [-0.4, -0.2) is 11.8 Å². The van der Waals surface area contributed by atoms with Crippen molar-refractivity contribution in [3.05, 3.63) is 16.0 Å². The summed E-state index contributed by atoms with van der Waals surface area (Å²) in [6, 6.07) is 0. The maximum absolute atomic E-state index is 12.5. The molecule has 0 aliphatic heterocycles. The summed E-state index contributed by atoms with van der Waals surface area (Å²) in [7, 11) is 0. The van der Waals surface area contributed by atoms with E-state index < -0.39 is 5.91 Å². The van der Waals surface area contributed by atoms with Crippen molar-refractivity contribution in [3.8, 4) is 0 Å². The summed E-state index contributed by atoms with van der Waals surface area (Å²) in [6.45, 7) is 6.83. The number of nitrogens with one attached hydrogen (secondary N) is 1. The average molecular weight is 391 g/mol. The van der Waals surface area contributed by atoms with Crippen LogP contribution in [0.5, 0.6) is 0 Å². The van der Waals surface area contributed by atoms with Gasteiger partial charge in [-0.2, -0.15) is 0 Å². The largest absolute Gasteiger partial charge is 0.365 e. The van der Waals surface area contributed by atoms with Crippen molar-refractivity contribution in [2.45, 2.75) is 85.0 Å². The van der Waals surface area contributed by atoms with Gasteiger partial charge in [0.05, 0.1) is 5.56 Å². The number of fused-ring (bicyclic) bond motifs is 1. The predicted molar refractivity (Wildman–Crippen MR) is 112 cm³/mol. The summed E-state index contributed by atoms with van der Waals surface area (Å²) < 4.78 is 0. The predicted octanol–water partition coefficient (Wildman–Crippen LogP) is 5.30. The second-order valence-corrected chi connectivity index (χ2v) is 10.6. The Morgan fingerprint density at radius 2 is 1.85 bits per heavy atom. The molecular weight excluding hydrogens is 356 g/mol. The third-order valence-electron chi connectivity index (χ3n) is 6.49. The molecule has 0 saturated heterocycles. The van der Waals surface area contributed by atoms with E-state index in [4.69, 9.17) is 5.73 Å². The van der Waals surface area contributed by atoms with E-state index in [0.717, 1.165) is 31.2 Å². The first-order valence-corrected chi connectivity index (χ1v) is 11.3. The van der Waals surface area contributed by atoms with E-state index in [1.54, 1.807) is 11.3 Å². The molecule has 1 aromatic heterocycles. The van der Waals surface area contributed by atoms with Crippen molar-refractivity contribution in [2.75, 3.05) is 5.32 Å². The maximum atomic E-state index is 12.5. The highest BCUT2D eigenvalue weighted by Crippen LogP contribution is 2.44. The van der Waals surface area contributed by atoms with Crippen molar-refractivity contribution in [3.63, 3.8) is 0 Å². The van der Waals surface area contributed by atoms with Crippen LogP contribution in [-0.2, 0) is 17.6 Å².